The lowest BCUT2D eigenvalue weighted by Gasteiger charge is -2.12. The molecule has 33 heavy (non-hydrogen) atoms. The molecule has 0 aliphatic heterocycles. The van der Waals surface area contributed by atoms with E-state index in [1.807, 2.05) is 0 Å². The van der Waals surface area contributed by atoms with Crippen LogP contribution in [0.5, 0.6) is 11.5 Å². The van der Waals surface area contributed by atoms with Crippen molar-refractivity contribution in [3.05, 3.63) is 59.6 Å². The van der Waals surface area contributed by atoms with Crippen molar-refractivity contribution >= 4 is 0 Å². The summed E-state index contributed by atoms with van der Waals surface area (Å²) in [7, 11) is 1.43. The monoisotopic (exact) mass is 471 g/mol. The van der Waals surface area contributed by atoms with E-state index < -0.39 is 30.1 Å². The Morgan fingerprint density at radius 3 is 2.58 bits per heavy atom. The molecule has 4 rings (SSSR count). The third kappa shape index (κ3) is 5.07. The van der Waals surface area contributed by atoms with Gasteiger partial charge < -0.3 is 14.5 Å². The van der Waals surface area contributed by atoms with Gasteiger partial charge in [-0.05, 0) is 24.6 Å². The number of aromatic nitrogens is 3. The normalized spacial score (nSPS) is 17.8. The van der Waals surface area contributed by atoms with E-state index in [2.05, 4.69) is 15.0 Å². The lowest BCUT2D eigenvalue weighted by molar-refractivity contribution is -0.138. The second kappa shape index (κ2) is 8.60. The summed E-state index contributed by atoms with van der Waals surface area (Å²) in [6.07, 6.45) is -2.69. The molecule has 5 nitrogen and oxygen atoms in total. The zero-order chi connectivity index (χ0) is 23.8. The maximum Gasteiger partial charge on any atom is 0.417 e. The smallest absolute Gasteiger partial charge is 0.417 e. The highest BCUT2D eigenvalue weighted by Gasteiger charge is 2.41. The van der Waals surface area contributed by atoms with Crippen LogP contribution < -0.4 is 9.47 Å². The first-order valence-electron chi connectivity index (χ1n) is 10.0. The number of benzene rings is 1. The van der Waals surface area contributed by atoms with Crippen molar-refractivity contribution in [1.82, 2.24) is 15.0 Å². The van der Waals surface area contributed by atoms with Gasteiger partial charge in [-0.2, -0.15) is 13.2 Å². The zero-order valence-electron chi connectivity index (χ0n) is 17.3. The molecule has 1 saturated carbocycles. The quantitative estimate of drug-likeness (QED) is 0.440. The molecule has 2 heterocycles. The number of aromatic amines is 1. The number of alkyl halides is 5. The minimum absolute atomic E-state index is 0.169. The van der Waals surface area contributed by atoms with Gasteiger partial charge in [-0.15, -0.1) is 0 Å². The van der Waals surface area contributed by atoms with Gasteiger partial charge in [0.2, 0.25) is 5.92 Å². The van der Waals surface area contributed by atoms with Gasteiger partial charge in [-0.3, -0.25) is 4.98 Å². The van der Waals surface area contributed by atoms with Crippen molar-refractivity contribution in [1.29, 1.82) is 0 Å². The molecule has 1 aliphatic rings. The van der Waals surface area contributed by atoms with Crippen LogP contribution in [0.15, 0.2) is 36.7 Å². The predicted octanol–water partition coefficient (Wildman–Crippen LogP) is 6.12. The van der Waals surface area contributed by atoms with Crippen LogP contribution in [-0.4, -0.2) is 28.0 Å². The van der Waals surface area contributed by atoms with E-state index in [4.69, 9.17) is 9.47 Å². The summed E-state index contributed by atoms with van der Waals surface area (Å²) in [5.74, 6) is -3.04. The highest BCUT2D eigenvalue weighted by Crippen LogP contribution is 2.44. The molecule has 0 radical (unpaired) electrons. The summed E-state index contributed by atoms with van der Waals surface area (Å²) in [5, 5.41) is 0. The minimum atomic E-state index is -4.69. The van der Waals surface area contributed by atoms with Gasteiger partial charge in [0.15, 0.2) is 0 Å². The summed E-state index contributed by atoms with van der Waals surface area (Å²) in [6, 6.07) is 5.09. The molecule has 0 amide bonds. The summed E-state index contributed by atoms with van der Waals surface area (Å²) in [5.41, 5.74) is -0.293. The van der Waals surface area contributed by atoms with E-state index in [1.165, 1.54) is 19.4 Å². The maximum atomic E-state index is 14.0. The van der Waals surface area contributed by atoms with Gasteiger partial charge in [0.25, 0.3) is 0 Å². The van der Waals surface area contributed by atoms with Crippen LogP contribution in [0.25, 0.3) is 11.3 Å². The number of H-pyrrole nitrogens is 1. The van der Waals surface area contributed by atoms with Crippen molar-refractivity contribution < 1.29 is 35.8 Å². The first kappa shape index (κ1) is 22.9. The highest BCUT2D eigenvalue weighted by atomic mass is 19.4. The molecular weight excluding hydrogens is 452 g/mol. The number of hydrogen-bond acceptors (Lipinski definition) is 4. The lowest BCUT2D eigenvalue weighted by Crippen LogP contribution is -2.09. The fourth-order valence-electron chi connectivity index (χ4n) is 3.73. The molecule has 1 atom stereocenters. The summed E-state index contributed by atoms with van der Waals surface area (Å²) >= 11 is 0. The van der Waals surface area contributed by atoms with Crippen LogP contribution in [0, 0.1) is 5.82 Å². The Labute approximate surface area is 184 Å². The van der Waals surface area contributed by atoms with Crippen LogP contribution in [0.1, 0.15) is 42.3 Å². The van der Waals surface area contributed by atoms with Gasteiger partial charge in [-0.1, -0.05) is 0 Å². The Morgan fingerprint density at radius 1 is 1.15 bits per heavy atom. The van der Waals surface area contributed by atoms with Gasteiger partial charge in [0.05, 0.1) is 24.6 Å². The van der Waals surface area contributed by atoms with E-state index in [1.54, 1.807) is 12.1 Å². The number of halogens is 6. The highest BCUT2D eigenvalue weighted by molar-refractivity contribution is 5.68. The summed E-state index contributed by atoms with van der Waals surface area (Å²) in [4.78, 5) is 10.8. The van der Waals surface area contributed by atoms with E-state index in [-0.39, 0.29) is 30.2 Å². The molecule has 1 aliphatic carbocycles. The number of rotatable bonds is 6. The Bertz CT molecular complexity index is 1150. The minimum Gasteiger partial charge on any atom is -0.496 e. The summed E-state index contributed by atoms with van der Waals surface area (Å²) < 4.78 is 89.8. The molecule has 11 heteroatoms. The maximum absolute atomic E-state index is 14.0. The molecule has 2 aromatic heterocycles. The molecule has 0 saturated heterocycles. The van der Waals surface area contributed by atoms with Crippen LogP contribution in [0.3, 0.4) is 0 Å². The topological polar surface area (TPSA) is 60.0 Å². The third-order valence-corrected chi connectivity index (χ3v) is 5.47. The fourth-order valence-corrected chi connectivity index (χ4v) is 3.73. The molecule has 1 unspecified atom stereocenters. The second-order valence-electron chi connectivity index (χ2n) is 7.78. The first-order valence-corrected chi connectivity index (χ1v) is 10.0. The SMILES string of the molecule is COc1cc(OCc2ncc(C(F)(F)F)cc2F)ccc1-c1cnc(C2CCC(F)(F)C2)[nH]1. The van der Waals surface area contributed by atoms with Gasteiger partial charge in [0, 0.05) is 36.6 Å². The van der Waals surface area contributed by atoms with Gasteiger partial charge in [-0.25, -0.2) is 18.2 Å². The number of pyridine rings is 1. The Kier molecular flexibility index (Phi) is 5.98. The Balaban J connectivity index is 1.48. The molecule has 176 valence electrons. The van der Waals surface area contributed by atoms with Crippen LogP contribution in [0.4, 0.5) is 26.3 Å². The number of hydrogen-bond donors (Lipinski definition) is 1. The van der Waals surface area contributed by atoms with E-state index in [9.17, 15) is 26.3 Å². The number of nitrogens with zero attached hydrogens (tertiary/aromatic N) is 2. The van der Waals surface area contributed by atoms with Crippen molar-refractivity contribution in [3.8, 4) is 22.8 Å². The number of imidazole rings is 1. The third-order valence-electron chi connectivity index (χ3n) is 5.47. The Morgan fingerprint density at radius 2 is 1.94 bits per heavy atom. The molecular formula is C22H19F6N3O2. The standard InChI is InChI=1S/C22H19F6N3O2/c1-32-19-7-14(33-11-18-16(23)6-13(9-29-18)22(26,27)28)2-3-15(19)17-10-30-20(31-17)12-4-5-21(24,25)8-12/h2-3,6-7,9-10,12H,4-5,8,11H2,1H3,(H,30,31). The predicted molar refractivity (Wildman–Crippen MR) is 106 cm³/mol. The molecule has 0 bridgehead atoms. The summed E-state index contributed by atoms with van der Waals surface area (Å²) in [6.45, 7) is -0.392. The Hall–Kier alpha value is -3.24. The van der Waals surface area contributed by atoms with E-state index >= 15 is 0 Å². The second-order valence-corrected chi connectivity index (χ2v) is 7.78. The van der Waals surface area contributed by atoms with Gasteiger partial charge >= 0.3 is 6.18 Å². The molecule has 1 aromatic carbocycles. The molecule has 1 N–H and O–H groups in total. The van der Waals surface area contributed by atoms with E-state index in [0.717, 1.165) is 0 Å². The van der Waals surface area contributed by atoms with Crippen LogP contribution in [0.2, 0.25) is 0 Å². The zero-order valence-corrected chi connectivity index (χ0v) is 17.3. The molecule has 3 aromatic rings. The largest absolute Gasteiger partial charge is 0.496 e. The average Bonchev–Trinajstić information content (AvgIpc) is 3.38. The van der Waals surface area contributed by atoms with Crippen molar-refractivity contribution in [2.24, 2.45) is 0 Å². The molecule has 1 fully saturated rings. The first-order chi connectivity index (χ1) is 15.6. The number of nitrogens with one attached hydrogen (secondary N) is 1. The van der Waals surface area contributed by atoms with Crippen LogP contribution in [-0.2, 0) is 12.8 Å². The fraction of sp³-hybridized carbons (Fsp3) is 0.364. The van der Waals surface area contributed by atoms with Crippen molar-refractivity contribution in [2.75, 3.05) is 7.11 Å². The molecule has 0 spiro atoms. The van der Waals surface area contributed by atoms with Crippen molar-refractivity contribution in [2.45, 2.75) is 43.9 Å². The van der Waals surface area contributed by atoms with Gasteiger partial charge in [0.1, 0.15) is 35.4 Å². The number of methoxy groups -OCH3 is 1. The van der Waals surface area contributed by atoms with Crippen molar-refractivity contribution in [3.63, 3.8) is 0 Å². The van der Waals surface area contributed by atoms with Crippen LogP contribution >= 0.6 is 0 Å². The lowest BCUT2D eigenvalue weighted by atomic mass is 10.1. The number of ether oxygens (including phenoxy) is 2. The van der Waals surface area contributed by atoms with E-state index in [0.29, 0.717) is 41.5 Å². The average molecular weight is 471 g/mol.